The second-order valence-corrected chi connectivity index (χ2v) is 4.44. The molecule has 6 heteroatoms. The van der Waals surface area contributed by atoms with Crippen LogP contribution in [-0.4, -0.2) is 34.3 Å². The van der Waals surface area contributed by atoms with Crippen LogP contribution in [-0.2, 0) is 0 Å². The highest BCUT2D eigenvalue weighted by molar-refractivity contribution is 6.32. The first-order chi connectivity index (χ1) is 7.48. The van der Waals surface area contributed by atoms with Crippen LogP contribution in [0.3, 0.4) is 0 Å². The van der Waals surface area contributed by atoms with Crippen molar-refractivity contribution in [1.29, 1.82) is 0 Å². The standard InChI is InChI=1S/C10H16ClN3O2/c1-10(2,4-5-15)14-8-7(11)6-12-9(13-8)16-3/h6,15H,4-5H2,1-3H3,(H,12,13,14). The second-order valence-electron chi connectivity index (χ2n) is 4.04. The van der Waals surface area contributed by atoms with Crippen molar-refractivity contribution in [1.82, 2.24) is 9.97 Å². The minimum atomic E-state index is -0.294. The van der Waals surface area contributed by atoms with Gasteiger partial charge in [0.1, 0.15) is 5.02 Å². The number of aliphatic hydroxyl groups is 1. The predicted octanol–water partition coefficient (Wildman–Crippen LogP) is 1.71. The van der Waals surface area contributed by atoms with Crippen molar-refractivity contribution in [2.24, 2.45) is 0 Å². The van der Waals surface area contributed by atoms with Gasteiger partial charge in [-0.2, -0.15) is 4.98 Å². The topological polar surface area (TPSA) is 67.3 Å². The van der Waals surface area contributed by atoms with E-state index in [-0.39, 0.29) is 18.2 Å². The van der Waals surface area contributed by atoms with E-state index in [2.05, 4.69) is 15.3 Å². The number of methoxy groups -OCH3 is 1. The summed E-state index contributed by atoms with van der Waals surface area (Å²) in [6.45, 7) is 4.00. The zero-order valence-corrected chi connectivity index (χ0v) is 10.4. The summed E-state index contributed by atoms with van der Waals surface area (Å²) in [6.07, 6.45) is 2.07. The fourth-order valence-corrected chi connectivity index (χ4v) is 1.34. The molecule has 1 heterocycles. The summed E-state index contributed by atoms with van der Waals surface area (Å²) >= 11 is 5.95. The molecule has 1 aromatic rings. The van der Waals surface area contributed by atoms with Gasteiger partial charge in [0, 0.05) is 12.1 Å². The van der Waals surface area contributed by atoms with Crippen LogP contribution in [0, 0.1) is 0 Å². The molecule has 0 aliphatic rings. The monoisotopic (exact) mass is 245 g/mol. The van der Waals surface area contributed by atoms with Crippen LogP contribution in [0.4, 0.5) is 5.82 Å². The van der Waals surface area contributed by atoms with E-state index in [4.69, 9.17) is 21.4 Å². The van der Waals surface area contributed by atoms with Crippen molar-refractivity contribution in [3.63, 3.8) is 0 Å². The summed E-state index contributed by atoms with van der Waals surface area (Å²) in [5.41, 5.74) is -0.294. The van der Waals surface area contributed by atoms with E-state index in [0.29, 0.717) is 17.3 Å². The Hall–Kier alpha value is -1.07. The smallest absolute Gasteiger partial charge is 0.318 e. The average Bonchev–Trinajstić information content (AvgIpc) is 2.21. The Labute approximate surface area is 99.8 Å². The summed E-state index contributed by atoms with van der Waals surface area (Å²) in [7, 11) is 1.49. The number of hydrogen-bond acceptors (Lipinski definition) is 5. The molecule has 0 unspecified atom stereocenters. The summed E-state index contributed by atoms with van der Waals surface area (Å²) in [5.74, 6) is 0.506. The number of halogens is 1. The van der Waals surface area contributed by atoms with Crippen molar-refractivity contribution in [3.05, 3.63) is 11.2 Å². The summed E-state index contributed by atoms with van der Waals surface area (Å²) in [4.78, 5) is 7.98. The maximum Gasteiger partial charge on any atom is 0.318 e. The number of hydrogen-bond donors (Lipinski definition) is 2. The van der Waals surface area contributed by atoms with E-state index < -0.39 is 0 Å². The molecule has 0 atom stereocenters. The Balaban J connectivity index is 2.87. The Bertz CT molecular complexity index is 358. The van der Waals surface area contributed by atoms with Gasteiger partial charge in [-0.05, 0) is 20.3 Å². The van der Waals surface area contributed by atoms with E-state index in [1.54, 1.807) is 0 Å². The minimum absolute atomic E-state index is 0.0971. The maximum absolute atomic E-state index is 8.92. The van der Waals surface area contributed by atoms with Gasteiger partial charge >= 0.3 is 6.01 Å². The lowest BCUT2D eigenvalue weighted by Crippen LogP contribution is -2.32. The molecular weight excluding hydrogens is 230 g/mol. The fraction of sp³-hybridized carbons (Fsp3) is 0.600. The quantitative estimate of drug-likeness (QED) is 0.827. The minimum Gasteiger partial charge on any atom is -0.467 e. The lowest BCUT2D eigenvalue weighted by Gasteiger charge is -2.26. The first-order valence-corrected chi connectivity index (χ1v) is 5.32. The number of nitrogens with one attached hydrogen (secondary N) is 1. The van der Waals surface area contributed by atoms with E-state index in [0.717, 1.165) is 0 Å². The SMILES string of the molecule is COc1ncc(Cl)c(NC(C)(C)CCO)n1. The van der Waals surface area contributed by atoms with Crippen molar-refractivity contribution in [2.45, 2.75) is 25.8 Å². The molecule has 0 spiro atoms. The molecule has 0 amide bonds. The Morgan fingerprint density at radius 3 is 2.81 bits per heavy atom. The summed E-state index contributed by atoms with van der Waals surface area (Å²) in [6, 6.07) is 0.256. The van der Waals surface area contributed by atoms with E-state index in [1.807, 2.05) is 13.8 Å². The lowest BCUT2D eigenvalue weighted by atomic mass is 10.0. The molecule has 90 valence electrons. The van der Waals surface area contributed by atoms with Crippen molar-refractivity contribution in [2.75, 3.05) is 19.0 Å². The van der Waals surface area contributed by atoms with E-state index in [9.17, 15) is 0 Å². The van der Waals surface area contributed by atoms with Crippen LogP contribution in [0.5, 0.6) is 6.01 Å². The van der Waals surface area contributed by atoms with Gasteiger partial charge in [0.05, 0.1) is 13.3 Å². The van der Waals surface area contributed by atoms with Gasteiger partial charge in [0.15, 0.2) is 5.82 Å². The highest BCUT2D eigenvalue weighted by Gasteiger charge is 2.19. The molecule has 1 rings (SSSR count). The third kappa shape index (κ3) is 3.50. The van der Waals surface area contributed by atoms with Crippen molar-refractivity contribution in [3.8, 4) is 6.01 Å². The van der Waals surface area contributed by atoms with Gasteiger partial charge in [-0.3, -0.25) is 0 Å². The van der Waals surface area contributed by atoms with Crippen LogP contribution in [0.15, 0.2) is 6.20 Å². The second kappa shape index (κ2) is 5.32. The Kier molecular flexibility index (Phi) is 4.32. The van der Waals surface area contributed by atoms with E-state index in [1.165, 1.54) is 13.3 Å². The maximum atomic E-state index is 8.92. The van der Waals surface area contributed by atoms with Gasteiger partial charge in [0.25, 0.3) is 0 Å². The number of aliphatic hydroxyl groups excluding tert-OH is 1. The average molecular weight is 246 g/mol. The fourth-order valence-electron chi connectivity index (χ4n) is 1.20. The number of rotatable bonds is 5. The van der Waals surface area contributed by atoms with Crippen LogP contribution in [0.25, 0.3) is 0 Å². The number of anilines is 1. The molecule has 1 aromatic heterocycles. The zero-order chi connectivity index (χ0) is 12.2. The molecule has 0 aliphatic carbocycles. The molecule has 0 radical (unpaired) electrons. The molecule has 0 saturated heterocycles. The van der Waals surface area contributed by atoms with Gasteiger partial charge in [-0.25, -0.2) is 4.98 Å². The van der Waals surface area contributed by atoms with Gasteiger partial charge in [0.2, 0.25) is 0 Å². The Morgan fingerprint density at radius 1 is 1.56 bits per heavy atom. The Morgan fingerprint density at radius 2 is 2.25 bits per heavy atom. The zero-order valence-electron chi connectivity index (χ0n) is 9.62. The molecular formula is C10H16ClN3O2. The van der Waals surface area contributed by atoms with Crippen LogP contribution < -0.4 is 10.1 Å². The largest absolute Gasteiger partial charge is 0.467 e. The highest BCUT2D eigenvalue weighted by Crippen LogP contribution is 2.24. The molecule has 2 N–H and O–H groups in total. The third-order valence-electron chi connectivity index (χ3n) is 2.10. The van der Waals surface area contributed by atoms with Crippen LogP contribution >= 0.6 is 11.6 Å². The van der Waals surface area contributed by atoms with E-state index >= 15 is 0 Å². The molecule has 0 aliphatic heterocycles. The molecule has 0 bridgehead atoms. The summed E-state index contributed by atoms with van der Waals surface area (Å²) < 4.78 is 4.91. The van der Waals surface area contributed by atoms with Gasteiger partial charge in [-0.1, -0.05) is 11.6 Å². The van der Waals surface area contributed by atoms with Crippen molar-refractivity contribution < 1.29 is 9.84 Å². The van der Waals surface area contributed by atoms with Crippen molar-refractivity contribution >= 4 is 17.4 Å². The lowest BCUT2D eigenvalue weighted by molar-refractivity contribution is 0.260. The first-order valence-electron chi connectivity index (χ1n) is 4.94. The molecule has 0 fully saturated rings. The van der Waals surface area contributed by atoms with Crippen LogP contribution in [0.1, 0.15) is 20.3 Å². The van der Waals surface area contributed by atoms with Gasteiger partial charge in [-0.15, -0.1) is 0 Å². The molecule has 0 saturated carbocycles. The number of ether oxygens (including phenoxy) is 1. The number of aromatic nitrogens is 2. The molecule has 0 aromatic carbocycles. The van der Waals surface area contributed by atoms with Crippen LogP contribution in [0.2, 0.25) is 5.02 Å². The normalized spacial score (nSPS) is 11.3. The molecule has 16 heavy (non-hydrogen) atoms. The highest BCUT2D eigenvalue weighted by atomic mass is 35.5. The first kappa shape index (κ1) is 13.0. The van der Waals surface area contributed by atoms with Gasteiger partial charge < -0.3 is 15.2 Å². The predicted molar refractivity (Wildman–Crippen MR) is 63.0 cm³/mol. The summed E-state index contributed by atoms with van der Waals surface area (Å²) in [5, 5.41) is 12.5. The molecule has 5 nitrogen and oxygen atoms in total. The third-order valence-corrected chi connectivity index (χ3v) is 2.37. The number of nitrogens with zero attached hydrogens (tertiary/aromatic N) is 2.